The van der Waals surface area contributed by atoms with Crippen LogP contribution < -0.4 is 14.8 Å². The predicted octanol–water partition coefficient (Wildman–Crippen LogP) is 2.90. The van der Waals surface area contributed by atoms with E-state index in [1.165, 1.54) is 24.8 Å². The second kappa shape index (κ2) is 6.24. The molecule has 1 heterocycles. The minimum Gasteiger partial charge on any atom is -0.454 e. The first-order valence-electron chi connectivity index (χ1n) is 7.88. The van der Waals surface area contributed by atoms with Crippen molar-refractivity contribution in [3.8, 4) is 11.5 Å². The number of ether oxygens (including phenoxy) is 3. The Labute approximate surface area is 126 Å². The minimum atomic E-state index is 0.104. The third kappa shape index (κ3) is 3.33. The van der Waals surface area contributed by atoms with E-state index in [9.17, 15) is 0 Å². The quantitative estimate of drug-likeness (QED) is 0.838. The molecule has 1 N–H and O–H groups in total. The Balaban J connectivity index is 1.44. The van der Waals surface area contributed by atoms with Crippen LogP contribution in [0.15, 0.2) is 18.2 Å². The van der Waals surface area contributed by atoms with E-state index in [1.807, 2.05) is 13.2 Å². The van der Waals surface area contributed by atoms with Gasteiger partial charge in [-0.2, -0.15) is 0 Å². The zero-order valence-corrected chi connectivity index (χ0v) is 13.0. The Morgan fingerprint density at radius 1 is 1.29 bits per heavy atom. The first-order chi connectivity index (χ1) is 10.2. The number of aryl methyl sites for hydroxylation is 1. The summed E-state index contributed by atoms with van der Waals surface area (Å²) in [6.45, 7) is 3.55. The molecule has 0 bridgehead atoms. The molecule has 1 saturated carbocycles. The van der Waals surface area contributed by atoms with Gasteiger partial charge < -0.3 is 19.5 Å². The van der Waals surface area contributed by atoms with Crippen LogP contribution in [0.3, 0.4) is 0 Å². The van der Waals surface area contributed by atoms with Crippen molar-refractivity contribution in [2.75, 3.05) is 20.4 Å². The Morgan fingerprint density at radius 2 is 2.10 bits per heavy atom. The van der Waals surface area contributed by atoms with Crippen molar-refractivity contribution in [1.82, 2.24) is 5.32 Å². The summed E-state index contributed by atoms with van der Waals surface area (Å²) < 4.78 is 16.4. The van der Waals surface area contributed by atoms with Crippen molar-refractivity contribution in [2.45, 2.75) is 50.7 Å². The van der Waals surface area contributed by atoms with Gasteiger partial charge in [0.2, 0.25) is 6.79 Å². The van der Waals surface area contributed by atoms with Crippen molar-refractivity contribution >= 4 is 0 Å². The fourth-order valence-electron chi connectivity index (χ4n) is 2.97. The van der Waals surface area contributed by atoms with E-state index in [2.05, 4.69) is 24.4 Å². The summed E-state index contributed by atoms with van der Waals surface area (Å²) in [6.07, 6.45) is 5.82. The molecule has 1 fully saturated rings. The summed E-state index contributed by atoms with van der Waals surface area (Å²) in [5, 5.41) is 3.62. The molecule has 1 aromatic rings. The third-order valence-electron chi connectivity index (χ3n) is 4.77. The smallest absolute Gasteiger partial charge is 0.231 e. The normalized spacial score (nSPS) is 20.1. The number of fused-ring (bicyclic) bond motifs is 1. The van der Waals surface area contributed by atoms with Gasteiger partial charge in [-0.05, 0) is 56.7 Å². The monoisotopic (exact) mass is 291 g/mol. The number of hydrogen-bond donors (Lipinski definition) is 1. The molecule has 4 nitrogen and oxygen atoms in total. The molecule has 4 heteroatoms. The number of rotatable bonds is 7. The second-order valence-corrected chi connectivity index (χ2v) is 6.25. The lowest BCUT2D eigenvalue weighted by Gasteiger charge is -2.41. The first-order valence-corrected chi connectivity index (χ1v) is 7.88. The van der Waals surface area contributed by atoms with Gasteiger partial charge in [-0.1, -0.05) is 6.07 Å². The average molecular weight is 291 g/mol. The van der Waals surface area contributed by atoms with Gasteiger partial charge in [0.1, 0.15) is 0 Å². The van der Waals surface area contributed by atoms with Crippen molar-refractivity contribution in [3.63, 3.8) is 0 Å². The van der Waals surface area contributed by atoms with Crippen LogP contribution in [0.1, 0.15) is 38.2 Å². The summed E-state index contributed by atoms with van der Waals surface area (Å²) in [4.78, 5) is 0. The van der Waals surface area contributed by atoms with Crippen LogP contribution in [0.4, 0.5) is 0 Å². The highest BCUT2D eigenvalue weighted by Crippen LogP contribution is 2.34. The minimum absolute atomic E-state index is 0.104. The molecule has 1 aromatic carbocycles. The zero-order valence-electron chi connectivity index (χ0n) is 13.0. The fourth-order valence-corrected chi connectivity index (χ4v) is 2.97. The average Bonchev–Trinajstić information content (AvgIpc) is 2.92. The van der Waals surface area contributed by atoms with Crippen LogP contribution >= 0.6 is 0 Å². The topological polar surface area (TPSA) is 39.7 Å². The Morgan fingerprint density at radius 3 is 2.81 bits per heavy atom. The molecular formula is C17H25NO3. The molecule has 0 aromatic heterocycles. The highest BCUT2D eigenvalue weighted by atomic mass is 16.7. The SMILES string of the molecule is COC1(CNC(C)CCc2ccc3c(c2)OCO3)CCC1. The Bertz CT molecular complexity index is 479. The third-order valence-corrected chi connectivity index (χ3v) is 4.77. The molecule has 2 aliphatic rings. The molecule has 0 amide bonds. The van der Waals surface area contributed by atoms with Crippen LogP contribution in [0.5, 0.6) is 11.5 Å². The molecule has 1 atom stereocenters. The Kier molecular flexibility index (Phi) is 4.36. The lowest BCUT2D eigenvalue weighted by molar-refractivity contribution is -0.0706. The van der Waals surface area contributed by atoms with Crippen LogP contribution in [-0.4, -0.2) is 32.1 Å². The zero-order chi connectivity index (χ0) is 14.7. The maximum atomic E-state index is 5.64. The maximum absolute atomic E-state index is 5.64. The van der Waals surface area contributed by atoms with Crippen molar-refractivity contribution in [1.29, 1.82) is 0 Å². The van der Waals surface area contributed by atoms with Crippen molar-refractivity contribution in [3.05, 3.63) is 23.8 Å². The van der Waals surface area contributed by atoms with Crippen molar-refractivity contribution in [2.24, 2.45) is 0 Å². The molecule has 0 saturated heterocycles. The van der Waals surface area contributed by atoms with Crippen LogP contribution in [0.2, 0.25) is 0 Å². The second-order valence-electron chi connectivity index (χ2n) is 6.25. The summed E-state index contributed by atoms with van der Waals surface area (Å²) in [7, 11) is 1.83. The maximum Gasteiger partial charge on any atom is 0.231 e. The van der Waals surface area contributed by atoms with Gasteiger partial charge in [0.15, 0.2) is 11.5 Å². The standard InChI is InChI=1S/C17H25NO3/c1-13(18-11-17(19-2)8-3-9-17)4-5-14-6-7-15-16(10-14)21-12-20-15/h6-7,10,13,18H,3-5,8-9,11-12H2,1-2H3. The molecule has 0 spiro atoms. The molecule has 116 valence electrons. The summed E-state index contributed by atoms with van der Waals surface area (Å²) in [5.74, 6) is 1.73. The largest absolute Gasteiger partial charge is 0.454 e. The molecule has 1 aliphatic heterocycles. The number of nitrogens with one attached hydrogen (secondary N) is 1. The highest BCUT2D eigenvalue weighted by Gasteiger charge is 2.36. The van der Waals surface area contributed by atoms with E-state index in [4.69, 9.17) is 14.2 Å². The van der Waals surface area contributed by atoms with E-state index in [0.29, 0.717) is 12.8 Å². The molecule has 0 radical (unpaired) electrons. The molecule has 21 heavy (non-hydrogen) atoms. The van der Waals surface area contributed by atoms with Gasteiger partial charge in [0.25, 0.3) is 0 Å². The summed E-state index contributed by atoms with van der Waals surface area (Å²) in [6, 6.07) is 6.72. The van der Waals surface area contributed by atoms with Crippen LogP contribution in [-0.2, 0) is 11.2 Å². The van der Waals surface area contributed by atoms with E-state index in [0.717, 1.165) is 30.9 Å². The fraction of sp³-hybridized carbons (Fsp3) is 0.647. The highest BCUT2D eigenvalue weighted by molar-refractivity contribution is 5.44. The number of benzene rings is 1. The summed E-state index contributed by atoms with van der Waals surface area (Å²) in [5.41, 5.74) is 1.41. The van der Waals surface area contributed by atoms with Crippen LogP contribution in [0.25, 0.3) is 0 Å². The first kappa shape index (κ1) is 14.7. The molecule has 1 aliphatic carbocycles. The number of hydrogen-bond acceptors (Lipinski definition) is 4. The molecular weight excluding hydrogens is 266 g/mol. The number of methoxy groups -OCH3 is 1. The lowest BCUT2D eigenvalue weighted by atomic mass is 9.80. The van der Waals surface area contributed by atoms with E-state index in [1.54, 1.807) is 0 Å². The van der Waals surface area contributed by atoms with Gasteiger partial charge in [-0.25, -0.2) is 0 Å². The van der Waals surface area contributed by atoms with E-state index in [-0.39, 0.29) is 5.60 Å². The van der Waals surface area contributed by atoms with E-state index >= 15 is 0 Å². The molecule has 3 rings (SSSR count). The van der Waals surface area contributed by atoms with Crippen molar-refractivity contribution < 1.29 is 14.2 Å². The van der Waals surface area contributed by atoms with Crippen LogP contribution in [0, 0.1) is 0 Å². The Hall–Kier alpha value is -1.26. The summed E-state index contributed by atoms with van der Waals surface area (Å²) >= 11 is 0. The van der Waals surface area contributed by atoms with Gasteiger partial charge in [0.05, 0.1) is 5.60 Å². The molecule has 1 unspecified atom stereocenters. The van der Waals surface area contributed by atoms with Gasteiger partial charge in [-0.15, -0.1) is 0 Å². The lowest BCUT2D eigenvalue weighted by Crippen LogP contribution is -2.49. The van der Waals surface area contributed by atoms with E-state index < -0.39 is 0 Å². The van der Waals surface area contributed by atoms with Gasteiger partial charge >= 0.3 is 0 Å². The van der Waals surface area contributed by atoms with Gasteiger partial charge in [-0.3, -0.25) is 0 Å². The predicted molar refractivity (Wildman–Crippen MR) is 81.9 cm³/mol. The van der Waals surface area contributed by atoms with Gasteiger partial charge in [0, 0.05) is 19.7 Å².